The quantitative estimate of drug-likeness (QED) is 0.449. The molecule has 0 aliphatic heterocycles. The Morgan fingerprint density at radius 3 is 2.41 bits per heavy atom. The van der Waals surface area contributed by atoms with Crippen LogP contribution >= 0.6 is 0 Å². The van der Waals surface area contributed by atoms with Crippen LogP contribution in [0.4, 0.5) is 11.6 Å². The molecule has 0 amide bonds. The van der Waals surface area contributed by atoms with Crippen molar-refractivity contribution in [2.24, 2.45) is 0 Å². The fraction of sp³-hybridized carbons (Fsp3) is 0.160. The molecule has 2 aromatic carbocycles. The van der Waals surface area contributed by atoms with Gasteiger partial charge < -0.3 is 5.32 Å². The second kappa shape index (κ2) is 8.71. The van der Waals surface area contributed by atoms with Crippen LogP contribution in [0.3, 0.4) is 0 Å². The SMILES string of the molecule is CCc1nc2cnc(Nc3ccc(C#N)cc3)nc2n1-c1c(C)cc(/C=C/C#N)cc1C. The molecule has 0 spiro atoms. The first kappa shape index (κ1) is 20.8. The number of aromatic nitrogens is 4. The molecule has 2 heterocycles. The van der Waals surface area contributed by atoms with Crippen molar-refractivity contribution in [1.82, 2.24) is 19.5 Å². The van der Waals surface area contributed by atoms with Gasteiger partial charge in [0.1, 0.15) is 11.3 Å². The third kappa shape index (κ3) is 3.92. The number of aryl methyl sites for hydroxylation is 3. The molecular weight excluding hydrogens is 398 g/mol. The summed E-state index contributed by atoms with van der Waals surface area (Å²) in [6.07, 6.45) is 5.74. The zero-order valence-electron chi connectivity index (χ0n) is 18.1. The van der Waals surface area contributed by atoms with Gasteiger partial charge in [-0.2, -0.15) is 15.5 Å². The summed E-state index contributed by atoms with van der Waals surface area (Å²) in [5, 5.41) is 21.0. The first-order valence-electron chi connectivity index (χ1n) is 10.2. The number of hydrogen-bond donors (Lipinski definition) is 1. The lowest BCUT2D eigenvalue weighted by Crippen LogP contribution is -2.07. The molecule has 0 saturated heterocycles. The Morgan fingerprint density at radius 2 is 1.78 bits per heavy atom. The molecule has 0 fully saturated rings. The van der Waals surface area contributed by atoms with Crippen LogP contribution in [0, 0.1) is 36.5 Å². The molecule has 0 atom stereocenters. The van der Waals surface area contributed by atoms with Crippen LogP contribution in [0.25, 0.3) is 22.9 Å². The number of rotatable bonds is 5. The molecule has 0 saturated carbocycles. The summed E-state index contributed by atoms with van der Waals surface area (Å²) < 4.78 is 2.09. The van der Waals surface area contributed by atoms with E-state index in [1.165, 1.54) is 6.08 Å². The molecule has 156 valence electrons. The molecular formula is C25H21N7. The van der Waals surface area contributed by atoms with Gasteiger partial charge in [0.25, 0.3) is 0 Å². The normalized spacial score (nSPS) is 10.9. The van der Waals surface area contributed by atoms with E-state index in [2.05, 4.69) is 53.8 Å². The number of imidazole rings is 1. The Balaban J connectivity index is 1.82. The summed E-state index contributed by atoms with van der Waals surface area (Å²) in [5.74, 6) is 1.35. The molecule has 0 bridgehead atoms. The first-order chi connectivity index (χ1) is 15.5. The van der Waals surface area contributed by atoms with Crippen molar-refractivity contribution in [2.45, 2.75) is 27.2 Å². The van der Waals surface area contributed by atoms with Crippen LogP contribution in [0.15, 0.2) is 48.7 Å². The number of nitrogens with one attached hydrogen (secondary N) is 1. The first-order valence-corrected chi connectivity index (χ1v) is 10.2. The Labute approximate surface area is 186 Å². The van der Waals surface area contributed by atoms with Crippen LogP contribution < -0.4 is 5.32 Å². The van der Waals surface area contributed by atoms with E-state index in [-0.39, 0.29) is 0 Å². The Kier molecular flexibility index (Phi) is 5.65. The third-order valence-corrected chi connectivity index (χ3v) is 5.14. The summed E-state index contributed by atoms with van der Waals surface area (Å²) in [4.78, 5) is 13.9. The van der Waals surface area contributed by atoms with E-state index in [9.17, 15) is 0 Å². The molecule has 4 rings (SSSR count). The highest BCUT2D eigenvalue weighted by atomic mass is 15.2. The number of fused-ring (bicyclic) bond motifs is 1. The van der Waals surface area contributed by atoms with Crippen molar-refractivity contribution in [1.29, 1.82) is 10.5 Å². The fourth-order valence-electron chi connectivity index (χ4n) is 3.78. The van der Waals surface area contributed by atoms with Gasteiger partial charge in [-0.05, 0) is 73.0 Å². The second-order valence-corrected chi connectivity index (χ2v) is 7.40. The molecule has 0 radical (unpaired) electrons. The fourth-order valence-corrected chi connectivity index (χ4v) is 3.78. The van der Waals surface area contributed by atoms with E-state index < -0.39 is 0 Å². The van der Waals surface area contributed by atoms with Crippen LogP contribution in [-0.4, -0.2) is 19.5 Å². The maximum Gasteiger partial charge on any atom is 0.229 e. The molecule has 1 N–H and O–H groups in total. The van der Waals surface area contributed by atoms with Gasteiger partial charge in [-0.3, -0.25) is 4.57 Å². The zero-order valence-corrected chi connectivity index (χ0v) is 18.1. The summed E-state index contributed by atoms with van der Waals surface area (Å²) >= 11 is 0. The number of hydrogen-bond acceptors (Lipinski definition) is 6. The van der Waals surface area contributed by atoms with E-state index >= 15 is 0 Å². The molecule has 0 aliphatic carbocycles. The highest BCUT2D eigenvalue weighted by Gasteiger charge is 2.17. The average molecular weight is 419 g/mol. The third-order valence-electron chi connectivity index (χ3n) is 5.14. The molecule has 4 aromatic rings. The van der Waals surface area contributed by atoms with Gasteiger partial charge in [0, 0.05) is 18.2 Å². The highest BCUT2D eigenvalue weighted by molar-refractivity contribution is 5.76. The standard InChI is InChI=1S/C25H21N7/c1-4-22-30-21-15-28-25(29-20-9-7-18(14-27)8-10-20)31-24(21)32(22)23-16(2)12-19(6-5-11-26)13-17(23)3/h5-10,12-13,15H,4H2,1-3H3,(H,28,29,31)/b6-5+. The van der Waals surface area contributed by atoms with Gasteiger partial charge in [-0.25, -0.2) is 9.97 Å². The monoisotopic (exact) mass is 419 g/mol. The molecule has 7 heteroatoms. The molecule has 32 heavy (non-hydrogen) atoms. The minimum absolute atomic E-state index is 0.454. The lowest BCUT2D eigenvalue weighted by atomic mass is 10.0. The van der Waals surface area contributed by atoms with E-state index in [1.54, 1.807) is 24.4 Å². The van der Waals surface area contributed by atoms with Crippen LogP contribution in [-0.2, 0) is 6.42 Å². The van der Waals surface area contributed by atoms with Crippen molar-refractivity contribution in [2.75, 3.05) is 5.32 Å². The average Bonchev–Trinajstić information content (AvgIpc) is 3.15. The van der Waals surface area contributed by atoms with E-state index in [0.717, 1.165) is 51.5 Å². The Bertz CT molecular complexity index is 1390. The highest BCUT2D eigenvalue weighted by Crippen LogP contribution is 2.28. The Hall–Kier alpha value is -4.49. The van der Waals surface area contributed by atoms with Crippen LogP contribution in [0.1, 0.15) is 35.0 Å². The minimum Gasteiger partial charge on any atom is -0.324 e. The van der Waals surface area contributed by atoms with Crippen LogP contribution in [0.2, 0.25) is 0 Å². The topological polar surface area (TPSA) is 103 Å². The van der Waals surface area contributed by atoms with Gasteiger partial charge in [0.2, 0.25) is 5.95 Å². The molecule has 0 aliphatic rings. The van der Waals surface area contributed by atoms with Crippen molar-refractivity contribution >= 4 is 28.9 Å². The van der Waals surface area contributed by atoms with Crippen molar-refractivity contribution in [3.63, 3.8) is 0 Å². The maximum absolute atomic E-state index is 8.98. The predicted octanol–water partition coefficient (Wildman–Crippen LogP) is 5.15. The van der Waals surface area contributed by atoms with Gasteiger partial charge in [0.05, 0.1) is 29.6 Å². The zero-order chi connectivity index (χ0) is 22.7. The molecule has 0 unspecified atom stereocenters. The summed E-state index contributed by atoms with van der Waals surface area (Å²) in [5.41, 5.74) is 6.97. The molecule has 7 nitrogen and oxygen atoms in total. The largest absolute Gasteiger partial charge is 0.324 e. The number of anilines is 2. The van der Waals surface area contributed by atoms with E-state index in [1.807, 2.05) is 18.2 Å². The van der Waals surface area contributed by atoms with Gasteiger partial charge >= 0.3 is 0 Å². The van der Waals surface area contributed by atoms with Crippen molar-refractivity contribution in [3.8, 4) is 17.8 Å². The minimum atomic E-state index is 0.454. The number of benzene rings is 2. The second-order valence-electron chi connectivity index (χ2n) is 7.40. The van der Waals surface area contributed by atoms with Crippen LogP contribution in [0.5, 0.6) is 0 Å². The van der Waals surface area contributed by atoms with E-state index in [0.29, 0.717) is 11.5 Å². The van der Waals surface area contributed by atoms with Crippen molar-refractivity contribution in [3.05, 3.63) is 76.7 Å². The molecule has 2 aromatic heterocycles. The summed E-state index contributed by atoms with van der Waals surface area (Å²) in [6.45, 7) is 6.17. The lowest BCUT2D eigenvalue weighted by Gasteiger charge is -2.15. The summed E-state index contributed by atoms with van der Waals surface area (Å²) in [7, 11) is 0. The maximum atomic E-state index is 8.98. The number of allylic oxidation sites excluding steroid dienone is 1. The van der Waals surface area contributed by atoms with Gasteiger partial charge in [0.15, 0.2) is 5.65 Å². The lowest BCUT2D eigenvalue weighted by molar-refractivity contribution is 0.890. The number of nitrogens with zero attached hydrogens (tertiary/aromatic N) is 6. The number of nitriles is 2. The van der Waals surface area contributed by atoms with Crippen molar-refractivity contribution < 1.29 is 0 Å². The van der Waals surface area contributed by atoms with Gasteiger partial charge in [-0.15, -0.1) is 0 Å². The smallest absolute Gasteiger partial charge is 0.229 e. The van der Waals surface area contributed by atoms with E-state index in [4.69, 9.17) is 20.5 Å². The predicted molar refractivity (Wildman–Crippen MR) is 125 cm³/mol. The van der Waals surface area contributed by atoms with Gasteiger partial charge in [-0.1, -0.05) is 6.92 Å². The summed E-state index contributed by atoms with van der Waals surface area (Å²) in [6, 6.07) is 15.4. The Morgan fingerprint density at radius 1 is 1.06 bits per heavy atom.